The molecule has 162 valence electrons. The summed E-state index contributed by atoms with van der Waals surface area (Å²) in [4.78, 5) is 26.5. The first-order valence-electron chi connectivity index (χ1n) is 9.02. The molecule has 0 bridgehead atoms. The molecule has 0 aliphatic rings. The first-order chi connectivity index (χ1) is 14.0. The van der Waals surface area contributed by atoms with Crippen molar-refractivity contribution in [2.45, 2.75) is 19.5 Å². The molecular formula is C20H23BrFN3O4S. The fourth-order valence-electron chi connectivity index (χ4n) is 2.82. The van der Waals surface area contributed by atoms with Gasteiger partial charge in [-0.15, -0.1) is 0 Å². The van der Waals surface area contributed by atoms with E-state index in [9.17, 15) is 22.4 Å². The van der Waals surface area contributed by atoms with Crippen LogP contribution < -0.4 is 9.62 Å². The van der Waals surface area contributed by atoms with E-state index in [1.807, 2.05) is 0 Å². The van der Waals surface area contributed by atoms with Gasteiger partial charge in [-0.1, -0.05) is 34.1 Å². The number of hydrogen-bond acceptors (Lipinski definition) is 4. The van der Waals surface area contributed by atoms with Gasteiger partial charge in [-0.05, 0) is 37.3 Å². The maximum atomic E-state index is 14.2. The summed E-state index contributed by atoms with van der Waals surface area (Å²) in [7, 11) is -2.37. The summed E-state index contributed by atoms with van der Waals surface area (Å²) in [5.41, 5.74) is 0.517. The van der Waals surface area contributed by atoms with Gasteiger partial charge in [0.25, 0.3) is 0 Å². The van der Waals surface area contributed by atoms with Crippen molar-refractivity contribution in [3.8, 4) is 0 Å². The Hall–Kier alpha value is -2.46. The topological polar surface area (TPSA) is 86.8 Å². The third kappa shape index (κ3) is 6.02. The normalized spacial score (nSPS) is 12.2. The van der Waals surface area contributed by atoms with Crippen LogP contribution in [0.5, 0.6) is 0 Å². The second-order valence-corrected chi connectivity index (χ2v) is 9.47. The van der Waals surface area contributed by atoms with Crippen LogP contribution >= 0.6 is 15.9 Å². The molecule has 0 heterocycles. The van der Waals surface area contributed by atoms with Crippen molar-refractivity contribution in [1.29, 1.82) is 0 Å². The van der Waals surface area contributed by atoms with Gasteiger partial charge < -0.3 is 10.2 Å². The fourth-order valence-corrected chi connectivity index (χ4v) is 3.94. The second kappa shape index (κ2) is 10.0. The van der Waals surface area contributed by atoms with Crippen LogP contribution in [0.25, 0.3) is 0 Å². The molecular weight excluding hydrogens is 477 g/mol. The number of carbonyl (C=O) groups excluding carboxylic acids is 2. The van der Waals surface area contributed by atoms with E-state index in [0.717, 1.165) is 19.9 Å². The van der Waals surface area contributed by atoms with E-state index in [1.165, 1.54) is 32.2 Å². The summed E-state index contributed by atoms with van der Waals surface area (Å²) in [5, 5.41) is 2.46. The molecule has 0 aliphatic carbocycles. The van der Waals surface area contributed by atoms with E-state index in [1.54, 1.807) is 30.3 Å². The average molecular weight is 500 g/mol. The summed E-state index contributed by atoms with van der Waals surface area (Å²) in [6.07, 6.45) is 0.992. The van der Waals surface area contributed by atoms with Gasteiger partial charge in [0.05, 0.1) is 11.9 Å². The number of likely N-dealkylation sites (N-methyl/N-ethyl adjacent to an activating group) is 1. The Morgan fingerprint density at radius 2 is 1.73 bits per heavy atom. The molecule has 30 heavy (non-hydrogen) atoms. The minimum atomic E-state index is -3.80. The molecule has 0 unspecified atom stereocenters. The molecule has 2 aromatic carbocycles. The highest BCUT2D eigenvalue weighted by atomic mass is 79.9. The van der Waals surface area contributed by atoms with Crippen LogP contribution in [0.3, 0.4) is 0 Å². The molecule has 7 nitrogen and oxygen atoms in total. The van der Waals surface area contributed by atoms with Crippen LogP contribution in [0.1, 0.15) is 12.5 Å². The van der Waals surface area contributed by atoms with Gasteiger partial charge in [0.2, 0.25) is 21.8 Å². The molecule has 0 radical (unpaired) electrons. The van der Waals surface area contributed by atoms with Crippen molar-refractivity contribution in [1.82, 2.24) is 10.2 Å². The third-order valence-corrected chi connectivity index (χ3v) is 6.18. The second-order valence-electron chi connectivity index (χ2n) is 6.65. The van der Waals surface area contributed by atoms with Crippen LogP contribution in [0.15, 0.2) is 53.0 Å². The predicted octanol–water partition coefficient (Wildman–Crippen LogP) is 2.52. The lowest BCUT2D eigenvalue weighted by atomic mass is 10.1. The van der Waals surface area contributed by atoms with Crippen LogP contribution in [0.4, 0.5) is 10.1 Å². The van der Waals surface area contributed by atoms with Crippen LogP contribution in [0.2, 0.25) is 0 Å². The van der Waals surface area contributed by atoms with E-state index in [2.05, 4.69) is 21.2 Å². The standard InChI is InChI=1S/C20H23BrFN3O4S/c1-14(20(27)23-2)24(12-15-6-4-5-7-18(15)22)19(26)13-25(30(3,28)29)17-10-8-16(21)9-11-17/h4-11,14H,12-13H2,1-3H3,(H,23,27)/t14-/m1/s1. The van der Waals surface area contributed by atoms with E-state index in [-0.39, 0.29) is 12.1 Å². The van der Waals surface area contributed by atoms with Gasteiger partial charge >= 0.3 is 0 Å². The molecule has 0 saturated carbocycles. The molecule has 1 N–H and O–H groups in total. The average Bonchev–Trinajstić information content (AvgIpc) is 2.70. The van der Waals surface area contributed by atoms with Crippen molar-refractivity contribution in [2.75, 3.05) is 24.2 Å². The van der Waals surface area contributed by atoms with Gasteiger partial charge in [-0.25, -0.2) is 12.8 Å². The minimum absolute atomic E-state index is 0.183. The first-order valence-corrected chi connectivity index (χ1v) is 11.7. The van der Waals surface area contributed by atoms with E-state index in [0.29, 0.717) is 5.69 Å². The molecule has 1 atom stereocenters. The fraction of sp³-hybridized carbons (Fsp3) is 0.300. The van der Waals surface area contributed by atoms with Crippen LogP contribution in [0, 0.1) is 5.82 Å². The highest BCUT2D eigenvalue weighted by molar-refractivity contribution is 9.10. The maximum absolute atomic E-state index is 14.2. The summed E-state index contributed by atoms with van der Waals surface area (Å²) in [5.74, 6) is -1.61. The number of sulfonamides is 1. The monoisotopic (exact) mass is 499 g/mol. The quantitative estimate of drug-likeness (QED) is 0.604. The minimum Gasteiger partial charge on any atom is -0.357 e. The molecule has 0 fully saturated rings. The molecule has 2 rings (SSSR count). The number of halogens is 2. The van der Waals surface area contributed by atoms with E-state index in [4.69, 9.17) is 0 Å². The number of nitrogens with one attached hydrogen (secondary N) is 1. The van der Waals surface area contributed by atoms with Gasteiger partial charge in [-0.2, -0.15) is 0 Å². The summed E-state index contributed by atoms with van der Waals surface area (Å²) in [6, 6.07) is 11.4. The summed E-state index contributed by atoms with van der Waals surface area (Å²) < 4.78 is 40.6. The summed E-state index contributed by atoms with van der Waals surface area (Å²) >= 11 is 3.28. The Morgan fingerprint density at radius 1 is 1.13 bits per heavy atom. The third-order valence-electron chi connectivity index (χ3n) is 4.51. The van der Waals surface area contributed by atoms with Gasteiger partial charge in [0.1, 0.15) is 18.4 Å². The summed E-state index contributed by atoms with van der Waals surface area (Å²) in [6.45, 7) is 0.788. The number of hydrogen-bond donors (Lipinski definition) is 1. The zero-order valence-electron chi connectivity index (χ0n) is 16.8. The first kappa shape index (κ1) is 23.8. The molecule has 2 amide bonds. The zero-order valence-corrected chi connectivity index (χ0v) is 19.2. The largest absolute Gasteiger partial charge is 0.357 e. The maximum Gasteiger partial charge on any atom is 0.244 e. The van der Waals surface area contributed by atoms with Crippen molar-refractivity contribution >= 4 is 43.5 Å². The lowest BCUT2D eigenvalue weighted by Crippen LogP contribution is -2.50. The number of carbonyl (C=O) groups is 2. The SMILES string of the molecule is CNC(=O)[C@@H](C)N(Cc1ccccc1F)C(=O)CN(c1ccc(Br)cc1)S(C)(=O)=O. The number of rotatable bonds is 8. The van der Waals surface area contributed by atoms with Crippen molar-refractivity contribution in [2.24, 2.45) is 0 Å². The lowest BCUT2D eigenvalue weighted by molar-refractivity contribution is -0.139. The van der Waals surface area contributed by atoms with Gasteiger partial charge in [0.15, 0.2) is 0 Å². The Balaban J connectivity index is 2.38. The molecule has 10 heteroatoms. The van der Waals surface area contributed by atoms with Crippen molar-refractivity contribution in [3.63, 3.8) is 0 Å². The number of anilines is 1. The molecule has 0 aliphatic heterocycles. The van der Waals surface area contributed by atoms with E-state index < -0.39 is 40.2 Å². The smallest absolute Gasteiger partial charge is 0.244 e. The Labute approximate surface area is 184 Å². The van der Waals surface area contributed by atoms with Crippen LogP contribution in [-0.2, 0) is 26.2 Å². The predicted molar refractivity (Wildman–Crippen MR) is 117 cm³/mol. The van der Waals surface area contributed by atoms with E-state index >= 15 is 0 Å². The number of benzene rings is 2. The molecule has 0 saturated heterocycles. The van der Waals surface area contributed by atoms with Crippen molar-refractivity contribution in [3.05, 3.63) is 64.4 Å². The number of nitrogens with zero attached hydrogens (tertiary/aromatic N) is 2. The Morgan fingerprint density at radius 3 is 2.27 bits per heavy atom. The zero-order chi connectivity index (χ0) is 22.5. The highest BCUT2D eigenvalue weighted by Gasteiger charge is 2.30. The van der Waals surface area contributed by atoms with Gasteiger partial charge in [0, 0.05) is 23.6 Å². The van der Waals surface area contributed by atoms with Crippen molar-refractivity contribution < 1.29 is 22.4 Å². The Bertz CT molecular complexity index is 1010. The van der Waals surface area contributed by atoms with Gasteiger partial charge in [-0.3, -0.25) is 13.9 Å². The lowest BCUT2D eigenvalue weighted by Gasteiger charge is -2.31. The highest BCUT2D eigenvalue weighted by Crippen LogP contribution is 2.22. The Kier molecular flexibility index (Phi) is 7.96. The molecule has 0 spiro atoms. The molecule has 0 aromatic heterocycles. The molecule has 2 aromatic rings. The van der Waals surface area contributed by atoms with Crippen LogP contribution in [-0.4, -0.2) is 51.0 Å². The number of amides is 2.